The first kappa shape index (κ1) is 16.9. The molecular weight excluding hydrogens is 240 g/mol. The second kappa shape index (κ2) is 9.85. The van der Waals surface area contributed by atoms with E-state index in [-0.39, 0.29) is 13.2 Å². The third-order valence-electron chi connectivity index (χ3n) is 2.56. The summed E-state index contributed by atoms with van der Waals surface area (Å²) in [6, 6.07) is 0. The number of hydrogen-bond acceptors (Lipinski definition) is 6. The number of carbonyl (C=O) groups is 2. The average molecular weight is 262 g/mol. The summed E-state index contributed by atoms with van der Waals surface area (Å²) in [5, 5.41) is 0. The topological polar surface area (TPSA) is 71.1 Å². The van der Waals surface area contributed by atoms with Crippen LogP contribution in [0.4, 0.5) is 0 Å². The molecule has 0 radical (unpaired) electrons. The van der Waals surface area contributed by atoms with E-state index in [0.717, 1.165) is 0 Å². The van der Waals surface area contributed by atoms with Crippen molar-refractivity contribution in [2.45, 2.75) is 13.8 Å². The predicted molar refractivity (Wildman–Crippen MR) is 64.0 cm³/mol. The largest absolute Gasteiger partial charge is 0.463 e. The van der Waals surface area contributed by atoms with E-state index in [0.29, 0.717) is 13.2 Å². The van der Waals surface area contributed by atoms with Crippen molar-refractivity contribution in [1.82, 2.24) is 0 Å². The molecule has 6 nitrogen and oxygen atoms in total. The highest BCUT2D eigenvalue weighted by atomic mass is 16.6. The van der Waals surface area contributed by atoms with Gasteiger partial charge in [-0.2, -0.15) is 0 Å². The molecule has 0 aromatic heterocycles. The summed E-state index contributed by atoms with van der Waals surface area (Å²) in [6.07, 6.45) is 0. The molecule has 2 unspecified atom stereocenters. The van der Waals surface area contributed by atoms with Gasteiger partial charge in [0.05, 0.1) is 25.0 Å². The third kappa shape index (κ3) is 6.56. The molecule has 0 aromatic carbocycles. The molecule has 18 heavy (non-hydrogen) atoms. The molecule has 0 spiro atoms. The normalized spacial score (nSPS) is 13.8. The fourth-order valence-corrected chi connectivity index (χ4v) is 1.12. The van der Waals surface area contributed by atoms with Crippen molar-refractivity contribution >= 4 is 11.9 Å². The van der Waals surface area contributed by atoms with Crippen LogP contribution in [0.25, 0.3) is 0 Å². The van der Waals surface area contributed by atoms with Gasteiger partial charge in [-0.15, -0.1) is 0 Å². The number of esters is 2. The lowest BCUT2D eigenvalue weighted by Crippen LogP contribution is -2.29. The zero-order chi connectivity index (χ0) is 14.0. The van der Waals surface area contributed by atoms with Gasteiger partial charge >= 0.3 is 11.9 Å². The summed E-state index contributed by atoms with van der Waals surface area (Å²) in [7, 11) is 3.04. The summed E-state index contributed by atoms with van der Waals surface area (Å²) in [5.74, 6) is -1.94. The van der Waals surface area contributed by atoms with Gasteiger partial charge < -0.3 is 18.9 Å². The maximum absolute atomic E-state index is 11.6. The fourth-order valence-electron chi connectivity index (χ4n) is 1.12. The molecule has 106 valence electrons. The lowest BCUT2D eigenvalue weighted by Gasteiger charge is -2.17. The number of rotatable bonds is 9. The molecule has 0 heterocycles. The van der Waals surface area contributed by atoms with E-state index in [1.807, 2.05) is 0 Å². The highest BCUT2D eigenvalue weighted by Crippen LogP contribution is 2.14. The van der Waals surface area contributed by atoms with Crippen molar-refractivity contribution in [3.8, 4) is 0 Å². The second-order valence-electron chi connectivity index (χ2n) is 3.90. The number of carbonyl (C=O) groups excluding carboxylic acids is 2. The predicted octanol–water partition coefficient (Wildman–Crippen LogP) is 0.638. The van der Waals surface area contributed by atoms with E-state index < -0.39 is 23.8 Å². The van der Waals surface area contributed by atoms with Gasteiger partial charge in [-0.3, -0.25) is 9.59 Å². The van der Waals surface area contributed by atoms with E-state index in [9.17, 15) is 9.59 Å². The van der Waals surface area contributed by atoms with Gasteiger partial charge in [0.2, 0.25) is 0 Å². The number of hydrogen-bond donors (Lipinski definition) is 0. The van der Waals surface area contributed by atoms with E-state index in [4.69, 9.17) is 18.9 Å². The summed E-state index contributed by atoms with van der Waals surface area (Å²) >= 11 is 0. The van der Waals surface area contributed by atoms with Crippen molar-refractivity contribution in [2.24, 2.45) is 11.8 Å². The monoisotopic (exact) mass is 262 g/mol. The van der Waals surface area contributed by atoms with Crippen LogP contribution >= 0.6 is 0 Å². The summed E-state index contributed by atoms with van der Waals surface area (Å²) in [6.45, 7) is 4.32. The quantitative estimate of drug-likeness (QED) is 0.448. The molecule has 0 N–H and O–H groups in total. The second-order valence-corrected chi connectivity index (χ2v) is 3.90. The van der Waals surface area contributed by atoms with Crippen LogP contribution in [0.2, 0.25) is 0 Å². The Balaban J connectivity index is 4.02. The molecule has 0 saturated carbocycles. The first-order valence-electron chi connectivity index (χ1n) is 5.85. The standard InChI is InChI=1S/C12H22O6/c1-9(11(13)17-7-5-15-3)10(2)12(14)18-8-6-16-4/h9-10H,5-8H2,1-4H3. The first-order chi connectivity index (χ1) is 8.54. The summed E-state index contributed by atoms with van der Waals surface area (Å²) in [5.41, 5.74) is 0. The van der Waals surface area contributed by atoms with Crippen LogP contribution in [0.15, 0.2) is 0 Å². The van der Waals surface area contributed by atoms with Crippen molar-refractivity contribution in [2.75, 3.05) is 40.6 Å². The highest BCUT2D eigenvalue weighted by molar-refractivity contribution is 5.81. The van der Waals surface area contributed by atoms with Gasteiger partial charge in [-0.1, -0.05) is 13.8 Å². The van der Waals surface area contributed by atoms with Gasteiger partial charge in [0.15, 0.2) is 0 Å². The Morgan fingerprint density at radius 2 is 1.11 bits per heavy atom. The van der Waals surface area contributed by atoms with Crippen LogP contribution in [0.5, 0.6) is 0 Å². The summed E-state index contributed by atoms with van der Waals surface area (Å²) in [4.78, 5) is 23.2. The van der Waals surface area contributed by atoms with E-state index in [1.165, 1.54) is 14.2 Å². The van der Waals surface area contributed by atoms with Gasteiger partial charge in [-0.25, -0.2) is 0 Å². The van der Waals surface area contributed by atoms with E-state index in [1.54, 1.807) is 13.8 Å². The molecular formula is C12H22O6. The molecule has 0 rings (SSSR count). The van der Waals surface area contributed by atoms with Gasteiger partial charge in [0, 0.05) is 14.2 Å². The average Bonchev–Trinajstić information content (AvgIpc) is 2.37. The SMILES string of the molecule is COCCOC(=O)C(C)C(C)C(=O)OCCOC. The van der Waals surface area contributed by atoms with Crippen molar-refractivity contribution < 1.29 is 28.5 Å². The van der Waals surface area contributed by atoms with Crippen LogP contribution < -0.4 is 0 Å². The van der Waals surface area contributed by atoms with Crippen LogP contribution in [0.1, 0.15) is 13.8 Å². The number of ether oxygens (including phenoxy) is 4. The Hall–Kier alpha value is -1.14. The van der Waals surface area contributed by atoms with Crippen molar-refractivity contribution in [3.63, 3.8) is 0 Å². The molecule has 6 heteroatoms. The van der Waals surface area contributed by atoms with Gasteiger partial charge in [0.1, 0.15) is 13.2 Å². The molecule has 0 aliphatic rings. The lowest BCUT2D eigenvalue weighted by atomic mass is 9.96. The first-order valence-corrected chi connectivity index (χ1v) is 5.85. The van der Waals surface area contributed by atoms with Crippen LogP contribution in [-0.2, 0) is 28.5 Å². The minimum atomic E-state index is -0.545. The van der Waals surface area contributed by atoms with E-state index >= 15 is 0 Å². The molecule has 0 fully saturated rings. The smallest absolute Gasteiger partial charge is 0.309 e. The molecule has 0 aromatic rings. The molecule has 0 bridgehead atoms. The van der Waals surface area contributed by atoms with Crippen molar-refractivity contribution in [1.29, 1.82) is 0 Å². The zero-order valence-electron chi connectivity index (χ0n) is 11.4. The van der Waals surface area contributed by atoms with Gasteiger partial charge in [-0.05, 0) is 0 Å². The minimum Gasteiger partial charge on any atom is -0.463 e. The third-order valence-corrected chi connectivity index (χ3v) is 2.56. The lowest BCUT2D eigenvalue weighted by molar-refractivity contribution is -0.160. The minimum absolute atomic E-state index is 0.186. The maximum atomic E-state index is 11.6. The Morgan fingerprint density at radius 3 is 1.39 bits per heavy atom. The van der Waals surface area contributed by atoms with Crippen LogP contribution in [0, 0.1) is 11.8 Å². The molecule has 0 saturated heterocycles. The highest BCUT2D eigenvalue weighted by Gasteiger charge is 2.28. The Bertz CT molecular complexity index is 227. The maximum Gasteiger partial charge on any atom is 0.309 e. The Morgan fingerprint density at radius 1 is 0.778 bits per heavy atom. The molecule has 0 amide bonds. The molecule has 0 aliphatic carbocycles. The van der Waals surface area contributed by atoms with E-state index in [2.05, 4.69) is 0 Å². The van der Waals surface area contributed by atoms with Crippen LogP contribution in [-0.4, -0.2) is 52.6 Å². The zero-order valence-corrected chi connectivity index (χ0v) is 11.4. The fraction of sp³-hybridized carbons (Fsp3) is 0.833. The van der Waals surface area contributed by atoms with Crippen LogP contribution in [0.3, 0.4) is 0 Å². The Kier molecular flexibility index (Phi) is 9.22. The van der Waals surface area contributed by atoms with Gasteiger partial charge in [0.25, 0.3) is 0 Å². The summed E-state index contributed by atoms with van der Waals surface area (Å²) < 4.78 is 19.4. The molecule has 2 atom stereocenters. The molecule has 0 aliphatic heterocycles. The van der Waals surface area contributed by atoms with Crippen molar-refractivity contribution in [3.05, 3.63) is 0 Å². The number of methoxy groups -OCH3 is 2. The Labute approximate surface area is 108 Å².